The van der Waals surface area contributed by atoms with Gasteiger partial charge in [0.25, 0.3) is 0 Å². The van der Waals surface area contributed by atoms with Crippen LogP contribution in [0.15, 0.2) is 17.0 Å². The molecule has 1 aromatic rings. The highest BCUT2D eigenvalue weighted by atomic mass is 35.5. The maximum Gasteiger partial charge on any atom is 0.242 e. The van der Waals surface area contributed by atoms with Crippen LogP contribution in [0.2, 0.25) is 10.0 Å². The first-order valence-electron chi connectivity index (χ1n) is 5.78. The molecule has 1 rings (SSSR count). The molecule has 0 saturated heterocycles. The van der Waals surface area contributed by atoms with Crippen LogP contribution in [0.25, 0.3) is 0 Å². The number of hydrogen-bond donors (Lipinski definition) is 2. The van der Waals surface area contributed by atoms with E-state index in [2.05, 4.69) is 4.72 Å². The second-order valence-corrected chi connectivity index (χ2v) is 8.00. The van der Waals surface area contributed by atoms with Crippen molar-refractivity contribution in [3.8, 4) is 0 Å². The van der Waals surface area contributed by atoms with Gasteiger partial charge in [-0.05, 0) is 24.0 Å². The summed E-state index contributed by atoms with van der Waals surface area (Å²) in [6, 6.07) is 2.77. The highest BCUT2D eigenvalue weighted by Crippen LogP contribution is 2.33. The summed E-state index contributed by atoms with van der Waals surface area (Å²) in [5.74, 6) is 0. The number of nitrogen functional groups attached to an aromatic ring is 1. The molecule has 0 aliphatic rings. The minimum absolute atomic E-state index is 0.0456. The first-order valence-corrected chi connectivity index (χ1v) is 8.02. The van der Waals surface area contributed by atoms with Crippen molar-refractivity contribution < 1.29 is 8.42 Å². The minimum atomic E-state index is -3.67. The van der Waals surface area contributed by atoms with Gasteiger partial charge >= 0.3 is 0 Å². The van der Waals surface area contributed by atoms with Gasteiger partial charge < -0.3 is 5.73 Å². The van der Waals surface area contributed by atoms with Gasteiger partial charge in [0.2, 0.25) is 10.0 Å². The van der Waals surface area contributed by atoms with E-state index in [1.54, 1.807) is 0 Å². The van der Waals surface area contributed by atoms with Gasteiger partial charge in [-0.25, -0.2) is 13.1 Å². The average molecular weight is 325 g/mol. The predicted octanol–water partition coefficient (Wildman–Crippen LogP) is 3.29. The summed E-state index contributed by atoms with van der Waals surface area (Å²) >= 11 is 11.7. The molecule has 0 aromatic heterocycles. The van der Waals surface area contributed by atoms with Crippen molar-refractivity contribution in [1.82, 2.24) is 4.72 Å². The molecule has 0 amide bonds. The molecule has 0 aliphatic heterocycles. The predicted molar refractivity (Wildman–Crippen MR) is 80.1 cm³/mol. The molecule has 0 bridgehead atoms. The number of benzene rings is 1. The molecule has 4 nitrogen and oxygen atoms in total. The third-order valence-electron chi connectivity index (χ3n) is 2.55. The number of hydrogen-bond acceptors (Lipinski definition) is 3. The fourth-order valence-corrected chi connectivity index (χ4v) is 3.19. The third-order valence-corrected chi connectivity index (χ3v) is 4.90. The zero-order chi connectivity index (χ0) is 14.8. The molecule has 19 heavy (non-hydrogen) atoms. The third kappa shape index (κ3) is 4.53. The molecule has 108 valence electrons. The molecule has 3 N–H and O–H groups in total. The van der Waals surface area contributed by atoms with Crippen molar-refractivity contribution in [2.75, 3.05) is 12.3 Å². The Morgan fingerprint density at radius 2 is 1.84 bits per heavy atom. The Kier molecular flexibility index (Phi) is 5.12. The van der Waals surface area contributed by atoms with E-state index in [9.17, 15) is 8.42 Å². The molecular formula is C12H18Cl2N2O2S. The summed E-state index contributed by atoms with van der Waals surface area (Å²) in [6.07, 6.45) is 0.715. The number of nitrogens with two attached hydrogens (primary N) is 1. The van der Waals surface area contributed by atoms with E-state index >= 15 is 0 Å². The standard InChI is InChI=1S/C12H18Cl2N2O2S/c1-12(2,3)6-7-16-19(17,18)9-5-4-8(13)11(15)10(9)14/h4-5,16H,6-7,15H2,1-3H3. The smallest absolute Gasteiger partial charge is 0.242 e. The van der Waals surface area contributed by atoms with Gasteiger partial charge in [0.15, 0.2) is 0 Å². The Hall–Kier alpha value is -0.490. The van der Waals surface area contributed by atoms with Gasteiger partial charge in [-0.3, -0.25) is 0 Å². The Balaban J connectivity index is 2.93. The average Bonchev–Trinajstić information content (AvgIpc) is 2.23. The fourth-order valence-electron chi connectivity index (χ4n) is 1.40. The van der Waals surface area contributed by atoms with Gasteiger partial charge in [-0.2, -0.15) is 0 Å². The van der Waals surface area contributed by atoms with Crippen molar-refractivity contribution in [1.29, 1.82) is 0 Å². The maximum absolute atomic E-state index is 12.1. The van der Waals surface area contributed by atoms with Crippen LogP contribution in [0.1, 0.15) is 27.2 Å². The molecule has 0 saturated carbocycles. The van der Waals surface area contributed by atoms with Gasteiger partial charge in [0, 0.05) is 6.54 Å². The normalized spacial score (nSPS) is 12.7. The maximum atomic E-state index is 12.1. The molecule has 1 aromatic carbocycles. The van der Waals surface area contributed by atoms with Gasteiger partial charge in [-0.15, -0.1) is 0 Å². The fraction of sp³-hybridized carbons (Fsp3) is 0.500. The highest BCUT2D eigenvalue weighted by molar-refractivity contribution is 7.89. The van der Waals surface area contributed by atoms with Crippen molar-refractivity contribution in [3.63, 3.8) is 0 Å². The summed E-state index contributed by atoms with van der Waals surface area (Å²) in [5.41, 5.74) is 5.74. The lowest BCUT2D eigenvalue weighted by Crippen LogP contribution is -2.27. The van der Waals surface area contributed by atoms with Crippen LogP contribution in [0.4, 0.5) is 5.69 Å². The zero-order valence-electron chi connectivity index (χ0n) is 11.1. The Morgan fingerprint density at radius 1 is 1.26 bits per heavy atom. The lowest BCUT2D eigenvalue weighted by atomic mass is 9.93. The van der Waals surface area contributed by atoms with Crippen LogP contribution in [0.5, 0.6) is 0 Å². The number of nitrogens with one attached hydrogen (secondary N) is 1. The quantitative estimate of drug-likeness (QED) is 0.835. The molecule has 0 atom stereocenters. The Labute approximate surface area is 124 Å². The van der Waals surface area contributed by atoms with E-state index in [0.717, 1.165) is 0 Å². The lowest BCUT2D eigenvalue weighted by molar-refractivity contribution is 0.378. The van der Waals surface area contributed by atoms with Crippen LogP contribution in [-0.2, 0) is 10.0 Å². The summed E-state index contributed by atoms with van der Waals surface area (Å²) in [6.45, 7) is 6.45. The highest BCUT2D eigenvalue weighted by Gasteiger charge is 2.21. The number of halogens is 2. The van der Waals surface area contributed by atoms with Crippen LogP contribution in [0, 0.1) is 5.41 Å². The van der Waals surface area contributed by atoms with Crippen LogP contribution < -0.4 is 10.5 Å². The van der Waals surface area contributed by atoms with E-state index in [0.29, 0.717) is 13.0 Å². The molecule has 0 radical (unpaired) electrons. The second kappa shape index (κ2) is 5.87. The molecule has 0 aliphatic carbocycles. The Morgan fingerprint density at radius 3 is 2.37 bits per heavy atom. The number of anilines is 1. The van der Waals surface area contributed by atoms with Crippen molar-refractivity contribution in [2.45, 2.75) is 32.1 Å². The first kappa shape index (κ1) is 16.6. The SMILES string of the molecule is CC(C)(C)CCNS(=O)(=O)c1ccc(Cl)c(N)c1Cl. The van der Waals surface area contributed by atoms with E-state index < -0.39 is 10.0 Å². The topological polar surface area (TPSA) is 72.2 Å². The summed E-state index contributed by atoms with van der Waals surface area (Å²) in [4.78, 5) is -0.0509. The Bertz CT molecular complexity index is 566. The monoisotopic (exact) mass is 324 g/mol. The first-order chi connectivity index (χ1) is 8.54. The summed E-state index contributed by atoms with van der Waals surface area (Å²) < 4.78 is 26.7. The molecule has 0 unspecified atom stereocenters. The summed E-state index contributed by atoms with van der Waals surface area (Å²) in [7, 11) is -3.67. The van der Waals surface area contributed by atoms with Crippen molar-refractivity contribution in [3.05, 3.63) is 22.2 Å². The van der Waals surface area contributed by atoms with Crippen LogP contribution >= 0.6 is 23.2 Å². The van der Waals surface area contributed by atoms with Crippen LogP contribution in [-0.4, -0.2) is 15.0 Å². The molecule has 0 heterocycles. The van der Waals surface area contributed by atoms with Gasteiger partial charge in [-0.1, -0.05) is 44.0 Å². The van der Waals surface area contributed by atoms with E-state index in [1.807, 2.05) is 20.8 Å². The van der Waals surface area contributed by atoms with Gasteiger partial charge in [0.05, 0.1) is 15.7 Å². The number of sulfonamides is 1. The van der Waals surface area contributed by atoms with Crippen molar-refractivity contribution >= 4 is 38.9 Å². The molecule has 0 fully saturated rings. The minimum Gasteiger partial charge on any atom is -0.396 e. The second-order valence-electron chi connectivity index (χ2n) is 5.48. The largest absolute Gasteiger partial charge is 0.396 e. The van der Waals surface area contributed by atoms with Crippen LogP contribution in [0.3, 0.4) is 0 Å². The van der Waals surface area contributed by atoms with Crippen molar-refractivity contribution in [2.24, 2.45) is 5.41 Å². The van der Waals surface area contributed by atoms with E-state index in [-0.39, 0.29) is 26.0 Å². The van der Waals surface area contributed by atoms with E-state index in [1.165, 1.54) is 12.1 Å². The van der Waals surface area contributed by atoms with E-state index in [4.69, 9.17) is 28.9 Å². The summed E-state index contributed by atoms with van der Waals surface area (Å²) in [5, 5.41) is 0.189. The molecule has 0 spiro atoms. The molecule has 7 heteroatoms. The number of rotatable bonds is 4. The zero-order valence-corrected chi connectivity index (χ0v) is 13.5. The molecular weight excluding hydrogens is 307 g/mol. The van der Waals surface area contributed by atoms with Gasteiger partial charge in [0.1, 0.15) is 4.90 Å². The lowest BCUT2D eigenvalue weighted by Gasteiger charge is -2.18.